The molecule has 0 aliphatic carbocycles. The first kappa shape index (κ1) is 10.9. The van der Waals surface area contributed by atoms with E-state index < -0.39 is 0 Å². The van der Waals surface area contributed by atoms with E-state index in [1.54, 1.807) is 0 Å². The van der Waals surface area contributed by atoms with Crippen LogP contribution in [0.15, 0.2) is 42.5 Å². The summed E-state index contributed by atoms with van der Waals surface area (Å²) in [7, 11) is 0. The van der Waals surface area contributed by atoms with Crippen LogP contribution >= 0.6 is 0 Å². The first-order valence-corrected chi connectivity index (χ1v) is 5.73. The van der Waals surface area contributed by atoms with Gasteiger partial charge in [-0.2, -0.15) is 0 Å². The molecule has 0 N–H and O–H groups in total. The lowest BCUT2D eigenvalue weighted by Crippen LogP contribution is -1.98. The largest absolute Gasteiger partial charge is 0.303 e. The second kappa shape index (κ2) is 4.93. The van der Waals surface area contributed by atoms with E-state index in [-0.39, 0.29) is 5.92 Å². The molecule has 0 radical (unpaired) electrons. The van der Waals surface area contributed by atoms with E-state index in [1.807, 2.05) is 6.92 Å². The summed E-state index contributed by atoms with van der Waals surface area (Å²) in [6, 6.07) is 14.8. The van der Waals surface area contributed by atoms with E-state index in [0.29, 0.717) is 0 Å². The van der Waals surface area contributed by atoms with E-state index in [0.717, 1.165) is 19.1 Å². The molecule has 0 saturated heterocycles. The maximum atomic E-state index is 10.6. The smallest absolute Gasteiger partial charge is 0.122 e. The van der Waals surface area contributed by atoms with E-state index in [9.17, 15) is 4.79 Å². The van der Waals surface area contributed by atoms with Crippen LogP contribution in [0.5, 0.6) is 0 Å². The highest BCUT2D eigenvalue weighted by Gasteiger charge is 2.03. The normalized spacial score (nSPS) is 12.6. The average molecular weight is 212 g/mol. The van der Waals surface area contributed by atoms with E-state index in [2.05, 4.69) is 42.5 Å². The van der Waals surface area contributed by atoms with E-state index >= 15 is 0 Å². The molecule has 0 amide bonds. The molecule has 0 saturated carbocycles. The van der Waals surface area contributed by atoms with Crippen LogP contribution in [-0.4, -0.2) is 6.29 Å². The summed E-state index contributed by atoms with van der Waals surface area (Å²) < 4.78 is 0. The van der Waals surface area contributed by atoms with Crippen molar-refractivity contribution in [3.63, 3.8) is 0 Å². The number of carbonyl (C=O) groups is 1. The van der Waals surface area contributed by atoms with Crippen molar-refractivity contribution in [2.45, 2.75) is 19.8 Å². The van der Waals surface area contributed by atoms with Gasteiger partial charge in [-0.3, -0.25) is 0 Å². The summed E-state index contributed by atoms with van der Waals surface area (Å²) in [6.45, 7) is 1.97. The van der Waals surface area contributed by atoms with Crippen LogP contribution in [-0.2, 0) is 11.2 Å². The fraction of sp³-hybridized carbons (Fsp3) is 0.267. The summed E-state index contributed by atoms with van der Waals surface area (Å²) >= 11 is 0. The van der Waals surface area contributed by atoms with Crippen molar-refractivity contribution in [3.8, 4) is 0 Å². The number of aldehydes is 1. The lowest BCUT2D eigenvalue weighted by Gasteiger charge is -2.07. The van der Waals surface area contributed by atoms with Gasteiger partial charge in [0.25, 0.3) is 0 Å². The minimum atomic E-state index is 0.152. The zero-order valence-electron chi connectivity index (χ0n) is 9.52. The van der Waals surface area contributed by atoms with Gasteiger partial charge in [-0.1, -0.05) is 49.4 Å². The van der Waals surface area contributed by atoms with Gasteiger partial charge in [0.15, 0.2) is 0 Å². The molecule has 2 aromatic carbocycles. The van der Waals surface area contributed by atoms with Gasteiger partial charge >= 0.3 is 0 Å². The van der Waals surface area contributed by atoms with E-state index in [1.165, 1.54) is 16.3 Å². The molecule has 2 rings (SSSR count). The highest BCUT2D eigenvalue weighted by atomic mass is 16.1. The molecule has 16 heavy (non-hydrogen) atoms. The van der Waals surface area contributed by atoms with Crippen LogP contribution in [0.3, 0.4) is 0 Å². The standard InChI is InChI=1S/C15H16O/c1-12(11-16)9-10-14-7-4-6-13-5-2-3-8-15(13)14/h2-8,11-12H,9-10H2,1H3. The van der Waals surface area contributed by atoms with Crippen LogP contribution in [0.2, 0.25) is 0 Å². The Labute approximate surface area is 96.1 Å². The third-order valence-electron chi connectivity index (χ3n) is 2.98. The van der Waals surface area contributed by atoms with Gasteiger partial charge in [-0.15, -0.1) is 0 Å². The van der Waals surface area contributed by atoms with Gasteiger partial charge in [0.05, 0.1) is 0 Å². The monoisotopic (exact) mass is 212 g/mol. The predicted octanol–water partition coefficient (Wildman–Crippen LogP) is 3.61. The highest BCUT2D eigenvalue weighted by molar-refractivity contribution is 5.85. The van der Waals surface area contributed by atoms with Crippen LogP contribution in [0.4, 0.5) is 0 Å². The Morgan fingerprint density at radius 3 is 2.69 bits per heavy atom. The van der Waals surface area contributed by atoms with Crippen LogP contribution < -0.4 is 0 Å². The molecule has 0 aliphatic rings. The molecule has 0 aromatic heterocycles. The molecule has 82 valence electrons. The lowest BCUT2D eigenvalue weighted by atomic mass is 9.97. The Hall–Kier alpha value is -1.63. The molecule has 1 atom stereocenters. The topological polar surface area (TPSA) is 17.1 Å². The lowest BCUT2D eigenvalue weighted by molar-refractivity contribution is -0.110. The van der Waals surface area contributed by atoms with Gasteiger partial charge < -0.3 is 4.79 Å². The molecule has 0 aliphatic heterocycles. The molecule has 0 fully saturated rings. The second-order valence-electron chi connectivity index (χ2n) is 4.29. The third kappa shape index (κ3) is 2.30. The number of carbonyl (C=O) groups excluding carboxylic acids is 1. The Balaban J connectivity index is 2.27. The molecule has 1 nitrogen and oxygen atoms in total. The molecular formula is C15H16O. The summed E-state index contributed by atoms with van der Waals surface area (Å²) in [4.78, 5) is 10.6. The van der Waals surface area contributed by atoms with Gasteiger partial charge in [-0.25, -0.2) is 0 Å². The summed E-state index contributed by atoms with van der Waals surface area (Å²) in [5.41, 5.74) is 1.34. The Kier molecular flexibility index (Phi) is 3.35. The number of aryl methyl sites for hydroxylation is 1. The first-order valence-electron chi connectivity index (χ1n) is 5.73. The minimum Gasteiger partial charge on any atom is -0.303 e. The maximum Gasteiger partial charge on any atom is 0.122 e. The number of hydrogen-bond acceptors (Lipinski definition) is 1. The third-order valence-corrected chi connectivity index (χ3v) is 2.98. The average Bonchev–Trinajstić information content (AvgIpc) is 2.35. The van der Waals surface area contributed by atoms with E-state index in [4.69, 9.17) is 0 Å². The number of benzene rings is 2. The first-order chi connectivity index (χ1) is 7.81. The van der Waals surface area contributed by atoms with Crippen molar-refractivity contribution in [1.29, 1.82) is 0 Å². The maximum absolute atomic E-state index is 10.6. The van der Waals surface area contributed by atoms with Crippen molar-refractivity contribution in [2.24, 2.45) is 5.92 Å². The Morgan fingerprint density at radius 2 is 1.88 bits per heavy atom. The fourth-order valence-corrected chi connectivity index (χ4v) is 1.96. The molecule has 2 aromatic rings. The number of rotatable bonds is 4. The fourth-order valence-electron chi connectivity index (χ4n) is 1.96. The minimum absolute atomic E-state index is 0.152. The van der Waals surface area contributed by atoms with Crippen molar-refractivity contribution in [1.82, 2.24) is 0 Å². The van der Waals surface area contributed by atoms with Crippen molar-refractivity contribution < 1.29 is 4.79 Å². The molecule has 0 heterocycles. The zero-order valence-corrected chi connectivity index (χ0v) is 9.52. The highest BCUT2D eigenvalue weighted by Crippen LogP contribution is 2.20. The van der Waals surface area contributed by atoms with Gasteiger partial charge in [0.2, 0.25) is 0 Å². The molecule has 1 unspecified atom stereocenters. The predicted molar refractivity (Wildman–Crippen MR) is 67.5 cm³/mol. The molecule has 0 bridgehead atoms. The van der Waals surface area contributed by atoms with Gasteiger partial charge in [0.1, 0.15) is 6.29 Å². The summed E-state index contributed by atoms with van der Waals surface area (Å²) in [5.74, 6) is 0.152. The van der Waals surface area contributed by atoms with Crippen LogP contribution in [0.25, 0.3) is 10.8 Å². The van der Waals surface area contributed by atoms with Crippen LogP contribution in [0.1, 0.15) is 18.9 Å². The summed E-state index contributed by atoms with van der Waals surface area (Å²) in [5, 5.41) is 2.59. The van der Waals surface area contributed by atoms with Crippen molar-refractivity contribution in [2.75, 3.05) is 0 Å². The number of fused-ring (bicyclic) bond motifs is 1. The number of hydrogen-bond donors (Lipinski definition) is 0. The van der Waals surface area contributed by atoms with Crippen molar-refractivity contribution in [3.05, 3.63) is 48.0 Å². The Morgan fingerprint density at radius 1 is 1.12 bits per heavy atom. The van der Waals surface area contributed by atoms with Gasteiger partial charge in [-0.05, 0) is 29.2 Å². The quantitative estimate of drug-likeness (QED) is 0.707. The van der Waals surface area contributed by atoms with Gasteiger partial charge in [0, 0.05) is 5.92 Å². The SMILES string of the molecule is CC(C=O)CCc1cccc2ccccc12. The molecule has 0 spiro atoms. The van der Waals surface area contributed by atoms with Crippen molar-refractivity contribution >= 4 is 17.1 Å². The van der Waals surface area contributed by atoms with Crippen LogP contribution in [0, 0.1) is 5.92 Å². The zero-order chi connectivity index (χ0) is 11.4. The second-order valence-corrected chi connectivity index (χ2v) is 4.29. The summed E-state index contributed by atoms with van der Waals surface area (Å²) in [6.07, 6.45) is 2.93. The molecule has 1 heteroatoms. The Bertz CT molecular complexity index is 482. The molecular weight excluding hydrogens is 196 g/mol.